The van der Waals surface area contributed by atoms with Crippen LogP contribution >= 0.6 is 11.6 Å². The molecule has 198 valence electrons. The van der Waals surface area contributed by atoms with E-state index in [-0.39, 0.29) is 36.9 Å². The number of rotatable bonds is 7. The molecule has 2 aromatic carbocycles. The third kappa shape index (κ3) is 4.64. The van der Waals surface area contributed by atoms with Crippen molar-refractivity contribution in [3.8, 4) is 17.3 Å². The molecule has 4 aromatic rings. The van der Waals surface area contributed by atoms with Crippen LogP contribution in [0.2, 0.25) is 5.02 Å². The minimum absolute atomic E-state index is 0.0469. The summed E-state index contributed by atoms with van der Waals surface area (Å²) in [5.74, 6) is 0.559. The van der Waals surface area contributed by atoms with Gasteiger partial charge < -0.3 is 25.2 Å². The third-order valence-electron chi connectivity index (χ3n) is 7.54. The molecule has 8 nitrogen and oxygen atoms in total. The van der Waals surface area contributed by atoms with E-state index < -0.39 is 11.9 Å². The van der Waals surface area contributed by atoms with E-state index in [9.17, 15) is 10.2 Å². The molecule has 6 rings (SSSR count). The molecule has 0 saturated carbocycles. The van der Waals surface area contributed by atoms with Crippen LogP contribution < -0.4 is 15.0 Å². The third-order valence-corrected chi connectivity index (χ3v) is 7.85. The maximum atomic E-state index is 16.4. The van der Waals surface area contributed by atoms with Crippen LogP contribution in [0.3, 0.4) is 0 Å². The maximum absolute atomic E-state index is 16.4. The number of halogens is 2. The van der Waals surface area contributed by atoms with E-state index in [1.807, 2.05) is 24.3 Å². The molecular weight excluding hydrogens is 509 g/mol. The summed E-state index contributed by atoms with van der Waals surface area (Å²) in [6, 6.07) is 11.4. The summed E-state index contributed by atoms with van der Waals surface area (Å²) in [6.07, 6.45) is 3.20. The number of fused-ring (bicyclic) bond motifs is 4. The van der Waals surface area contributed by atoms with Gasteiger partial charge in [-0.05, 0) is 36.8 Å². The zero-order chi connectivity index (χ0) is 26.2. The van der Waals surface area contributed by atoms with Gasteiger partial charge in [0.05, 0.1) is 12.0 Å². The number of ether oxygens (including phenoxy) is 1. The molecule has 2 aromatic heterocycles. The van der Waals surface area contributed by atoms with Gasteiger partial charge in [0.15, 0.2) is 5.82 Å². The quantitative estimate of drug-likeness (QED) is 0.326. The van der Waals surface area contributed by atoms with E-state index in [1.54, 1.807) is 18.3 Å². The molecule has 0 spiro atoms. The van der Waals surface area contributed by atoms with Crippen LogP contribution in [0.5, 0.6) is 6.01 Å². The zero-order valence-corrected chi connectivity index (χ0v) is 21.5. The number of nitrogens with one attached hydrogen (secondary N) is 1. The zero-order valence-electron chi connectivity index (χ0n) is 20.8. The first-order valence-corrected chi connectivity index (χ1v) is 13.3. The first-order valence-electron chi connectivity index (χ1n) is 13.0. The summed E-state index contributed by atoms with van der Waals surface area (Å²) in [7, 11) is 0. The lowest BCUT2D eigenvalue weighted by Crippen LogP contribution is -2.39. The molecule has 0 radical (unpaired) electrons. The van der Waals surface area contributed by atoms with Gasteiger partial charge in [-0.15, -0.1) is 0 Å². The van der Waals surface area contributed by atoms with E-state index in [1.165, 1.54) is 0 Å². The molecule has 0 amide bonds. The van der Waals surface area contributed by atoms with Crippen molar-refractivity contribution in [3.63, 3.8) is 0 Å². The maximum Gasteiger partial charge on any atom is 0.319 e. The van der Waals surface area contributed by atoms with Crippen molar-refractivity contribution in [2.45, 2.75) is 31.4 Å². The SMILES string of the molecule is OCC[C@@H](CO)Oc1nc(N2CCC3CNC(C3)C2)c2cnc(-c3cccc4cccc(Cl)c34)c(F)c2n1. The molecule has 10 heteroatoms. The lowest BCUT2D eigenvalue weighted by molar-refractivity contribution is 0.0832. The number of anilines is 1. The van der Waals surface area contributed by atoms with Crippen molar-refractivity contribution in [2.24, 2.45) is 5.92 Å². The van der Waals surface area contributed by atoms with Crippen molar-refractivity contribution in [1.29, 1.82) is 0 Å². The minimum atomic E-state index is -0.714. The molecule has 2 aliphatic heterocycles. The second kappa shape index (κ2) is 10.6. The monoisotopic (exact) mass is 537 g/mol. The highest BCUT2D eigenvalue weighted by Crippen LogP contribution is 2.38. The number of benzene rings is 2. The molecule has 2 bridgehead atoms. The highest BCUT2D eigenvalue weighted by molar-refractivity contribution is 6.36. The summed E-state index contributed by atoms with van der Waals surface area (Å²) in [4.78, 5) is 15.8. The molecule has 3 atom stereocenters. The number of hydrogen-bond donors (Lipinski definition) is 3. The van der Waals surface area contributed by atoms with Crippen LogP contribution in [-0.4, -0.2) is 70.2 Å². The minimum Gasteiger partial charge on any atom is -0.458 e. The van der Waals surface area contributed by atoms with Crippen LogP contribution in [-0.2, 0) is 0 Å². The Bertz CT molecular complexity index is 1480. The van der Waals surface area contributed by atoms with Crippen molar-refractivity contribution in [2.75, 3.05) is 37.7 Å². The first-order chi connectivity index (χ1) is 18.6. The standard InChI is InChI=1S/C28H29ClFN5O3/c29-22-6-2-4-17-3-1-5-20(23(17)22)25-24(30)26-21(13-32-25)27(34-28(33-26)38-19(15-37)8-10-36)35-9-7-16-11-18(14-35)31-12-16/h1-6,13,16,18-19,31,36-37H,7-12,14-15H2/t16?,18?,19-/m0/s1. The van der Waals surface area contributed by atoms with Gasteiger partial charge in [0.25, 0.3) is 0 Å². The lowest BCUT2D eigenvalue weighted by Gasteiger charge is -2.28. The average molecular weight is 538 g/mol. The van der Waals surface area contributed by atoms with E-state index in [0.717, 1.165) is 37.9 Å². The topological polar surface area (TPSA) is 104 Å². The Morgan fingerprint density at radius 1 is 1.18 bits per heavy atom. The molecule has 0 aliphatic carbocycles. The molecule has 38 heavy (non-hydrogen) atoms. The smallest absolute Gasteiger partial charge is 0.319 e. The van der Waals surface area contributed by atoms with Gasteiger partial charge in [0.2, 0.25) is 0 Å². The highest BCUT2D eigenvalue weighted by Gasteiger charge is 2.32. The lowest BCUT2D eigenvalue weighted by atomic mass is 10.0. The number of aliphatic hydroxyl groups excluding tert-OH is 2. The summed E-state index contributed by atoms with van der Waals surface area (Å²) < 4.78 is 22.2. The van der Waals surface area contributed by atoms with Crippen LogP contribution in [0, 0.1) is 11.7 Å². The summed E-state index contributed by atoms with van der Waals surface area (Å²) >= 11 is 6.53. The number of aliphatic hydroxyl groups is 2. The van der Waals surface area contributed by atoms with E-state index >= 15 is 4.39 Å². The number of hydrogen-bond acceptors (Lipinski definition) is 8. The second-order valence-electron chi connectivity index (χ2n) is 10.0. The van der Waals surface area contributed by atoms with Gasteiger partial charge >= 0.3 is 6.01 Å². The number of aromatic nitrogens is 3. The molecular formula is C28H29ClFN5O3. The van der Waals surface area contributed by atoms with Crippen LogP contribution in [0.1, 0.15) is 19.3 Å². The highest BCUT2D eigenvalue weighted by atomic mass is 35.5. The predicted octanol–water partition coefficient (Wildman–Crippen LogP) is 3.95. The van der Waals surface area contributed by atoms with Crippen LogP contribution in [0.15, 0.2) is 42.6 Å². The molecule has 2 aliphatic rings. The van der Waals surface area contributed by atoms with Crippen molar-refractivity contribution < 1.29 is 19.3 Å². The fourth-order valence-corrected chi connectivity index (χ4v) is 5.91. The Morgan fingerprint density at radius 3 is 2.84 bits per heavy atom. The fourth-order valence-electron chi connectivity index (χ4n) is 5.63. The normalized spacial score (nSPS) is 20.2. The summed E-state index contributed by atoms with van der Waals surface area (Å²) in [6.45, 7) is 2.02. The molecule has 4 heterocycles. The van der Waals surface area contributed by atoms with E-state index in [0.29, 0.717) is 39.1 Å². The fraction of sp³-hybridized carbons (Fsp3) is 0.393. The molecule has 2 unspecified atom stereocenters. The van der Waals surface area contributed by atoms with Gasteiger partial charge in [0, 0.05) is 54.3 Å². The molecule has 2 fully saturated rings. The van der Waals surface area contributed by atoms with Crippen LogP contribution in [0.25, 0.3) is 32.9 Å². The molecule has 3 N–H and O–H groups in total. The summed E-state index contributed by atoms with van der Waals surface area (Å²) in [5, 5.41) is 25.2. The Hall–Kier alpha value is -3.11. The Kier molecular flexibility index (Phi) is 7.01. The van der Waals surface area contributed by atoms with Crippen molar-refractivity contribution in [1.82, 2.24) is 20.3 Å². The van der Waals surface area contributed by atoms with E-state index in [2.05, 4.69) is 25.2 Å². The molecule has 2 saturated heterocycles. The number of pyridine rings is 1. The Labute approximate surface area is 224 Å². The van der Waals surface area contributed by atoms with Crippen LogP contribution in [0.4, 0.5) is 10.2 Å². The Balaban J connectivity index is 1.52. The largest absolute Gasteiger partial charge is 0.458 e. The van der Waals surface area contributed by atoms with Gasteiger partial charge in [0.1, 0.15) is 23.1 Å². The van der Waals surface area contributed by atoms with Gasteiger partial charge in [-0.2, -0.15) is 9.97 Å². The van der Waals surface area contributed by atoms with Gasteiger partial charge in [-0.1, -0.05) is 41.9 Å². The first kappa shape index (κ1) is 25.2. The summed E-state index contributed by atoms with van der Waals surface area (Å²) in [5.41, 5.74) is 0.791. The van der Waals surface area contributed by atoms with E-state index in [4.69, 9.17) is 16.3 Å². The second-order valence-corrected chi connectivity index (χ2v) is 10.4. The average Bonchev–Trinajstić information content (AvgIpc) is 3.26. The van der Waals surface area contributed by atoms with Gasteiger partial charge in [-0.3, -0.25) is 4.98 Å². The van der Waals surface area contributed by atoms with Crippen molar-refractivity contribution >= 4 is 39.1 Å². The number of nitrogens with zero attached hydrogens (tertiary/aromatic N) is 4. The Morgan fingerprint density at radius 2 is 2.03 bits per heavy atom. The van der Waals surface area contributed by atoms with Crippen molar-refractivity contribution in [3.05, 3.63) is 53.4 Å². The van der Waals surface area contributed by atoms with Gasteiger partial charge in [-0.25, -0.2) is 4.39 Å². The predicted molar refractivity (Wildman–Crippen MR) is 145 cm³/mol.